The monoisotopic (exact) mass is 412 g/mol. The zero-order valence-corrected chi connectivity index (χ0v) is 19.3. The highest BCUT2D eigenvalue weighted by atomic mass is 16.6. The van der Waals surface area contributed by atoms with E-state index in [2.05, 4.69) is 26.7 Å². The average Bonchev–Trinajstić information content (AvgIpc) is 3.07. The summed E-state index contributed by atoms with van der Waals surface area (Å²) in [6, 6.07) is 1.63. The van der Waals surface area contributed by atoms with Gasteiger partial charge in [0, 0.05) is 12.4 Å². The third-order valence-electron chi connectivity index (χ3n) is 2.27. The lowest BCUT2D eigenvalue weighted by Crippen LogP contribution is -2.40. The number of alkyl carbamates (subject to hydrolysis) is 1. The molecule has 0 saturated carbocycles. The lowest BCUT2D eigenvalue weighted by Gasteiger charge is -2.20. The molecule has 0 aliphatic carbocycles. The third kappa shape index (κ3) is 17.0. The van der Waals surface area contributed by atoms with Crippen LogP contribution in [0, 0.1) is 0 Å². The van der Waals surface area contributed by atoms with Crippen LogP contribution in [0.25, 0.3) is 0 Å². The van der Waals surface area contributed by atoms with E-state index in [-0.39, 0.29) is 5.96 Å². The van der Waals surface area contributed by atoms with Gasteiger partial charge in [-0.15, -0.1) is 4.99 Å². The molecule has 2 amide bonds. The number of amides is 2. The quantitative estimate of drug-likeness (QED) is 0.406. The first-order chi connectivity index (χ1) is 13.2. The van der Waals surface area contributed by atoms with Gasteiger partial charge in [0.1, 0.15) is 11.2 Å². The molecule has 166 valence electrons. The summed E-state index contributed by atoms with van der Waals surface area (Å²) < 4.78 is 16.0. The second kappa shape index (κ2) is 13.4. The van der Waals surface area contributed by atoms with Crippen molar-refractivity contribution >= 4 is 18.1 Å². The van der Waals surface area contributed by atoms with Crippen LogP contribution in [0.2, 0.25) is 0 Å². The number of carbonyl (C=O) groups excluding carboxylic acids is 2. The molecule has 1 rings (SSSR count). The van der Waals surface area contributed by atoms with Gasteiger partial charge in [-0.2, -0.15) is 5.10 Å². The Balaban J connectivity index is 0. The molecule has 0 radical (unpaired) electrons. The van der Waals surface area contributed by atoms with E-state index < -0.39 is 23.4 Å². The normalized spacial score (nSPS) is 11.0. The van der Waals surface area contributed by atoms with Crippen molar-refractivity contribution in [1.82, 2.24) is 15.1 Å². The van der Waals surface area contributed by atoms with Gasteiger partial charge in [-0.05, 0) is 54.5 Å². The van der Waals surface area contributed by atoms with Crippen LogP contribution in [0.15, 0.2) is 35.8 Å². The van der Waals surface area contributed by atoms with Crippen LogP contribution < -0.4 is 5.32 Å². The number of aliphatic imine (C=N–C) groups is 1. The van der Waals surface area contributed by atoms with E-state index >= 15 is 0 Å². The molecule has 9 nitrogen and oxygen atoms in total. The second-order valence-electron chi connectivity index (χ2n) is 7.40. The van der Waals surface area contributed by atoms with Gasteiger partial charge >= 0.3 is 12.2 Å². The number of nitrogens with zero attached hydrogens (tertiary/aromatic N) is 3. The Morgan fingerprint density at radius 1 is 1.07 bits per heavy atom. The molecule has 0 spiro atoms. The molecule has 0 aliphatic heterocycles. The lowest BCUT2D eigenvalue weighted by molar-refractivity contribution is 0.0560. The van der Waals surface area contributed by atoms with Crippen molar-refractivity contribution in [1.29, 1.82) is 0 Å². The molecule has 29 heavy (non-hydrogen) atoms. The number of ether oxygens (including phenoxy) is 3. The molecule has 1 heterocycles. The van der Waals surface area contributed by atoms with E-state index in [4.69, 9.17) is 9.47 Å². The smallest absolute Gasteiger partial charge is 0.437 e. The van der Waals surface area contributed by atoms with Crippen molar-refractivity contribution in [2.75, 3.05) is 7.11 Å². The average molecular weight is 413 g/mol. The van der Waals surface area contributed by atoms with Crippen LogP contribution in [0.4, 0.5) is 9.59 Å². The maximum Gasteiger partial charge on any atom is 0.437 e. The van der Waals surface area contributed by atoms with Gasteiger partial charge in [0.05, 0.1) is 12.9 Å². The summed E-state index contributed by atoms with van der Waals surface area (Å²) in [5.41, 5.74) is -1.37. The van der Waals surface area contributed by atoms with Gasteiger partial charge < -0.3 is 14.2 Å². The van der Waals surface area contributed by atoms with E-state index in [9.17, 15) is 9.59 Å². The number of hydrogen-bond donors (Lipinski definition) is 1. The zero-order valence-electron chi connectivity index (χ0n) is 19.3. The summed E-state index contributed by atoms with van der Waals surface area (Å²) in [6.07, 6.45) is 1.43. The second-order valence-corrected chi connectivity index (χ2v) is 7.40. The van der Waals surface area contributed by atoms with Crippen LogP contribution in [-0.4, -0.2) is 46.2 Å². The minimum Gasteiger partial charge on any atom is -0.502 e. The van der Waals surface area contributed by atoms with Crippen LogP contribution in [0.3, 0.4) is 0 Å². The molecule has 0 fully saturated rings. The van der Waals surface area contributed by atoms with Gasteiger partial charge in [-0.1, -0.05) is 20.4 Å². The first-order valence-electron chi connectivity index (χ1n) is 9.24. The Bertz CT molecular complexity index is 653. The topological polar surface area (TPSA) is 104 Å². The minimum atomic E-state index is -0.839. The van der Waals surface area contributed by atoms with Gasteiger partial charge in [-0.3, -0.25) is 5.32 Å². The Morgan fingerprint density at radius 2 is 1.55 bits per heavy atom. The Morgan fingerprint density at radius 3 is 1.90 bits per heavy atom. The molecule has 9 heteroatoms. The highest BCUT2D eigenvalue weighted by molar-refractivity contribution is 5.99. The summed E-state index contributed by atoms with van der Waals surface area (Å²) >= 11 is 0. The Labute approximate surface area is 174 Å². The van der Waals surface area contributed by atoms with Crippen LogP contribution >= 0.6 is 0 Å². The summed E-state index contributed by atoms with van der Waals surface area (Å²) in [4.78, 5) is 27.3. The van der Waals surface area contributed by atoms with Crippen molar-refractivity contribution in [2.24, 2.45) is 4.99 Å². The zero-order chi connectivity index (χ0) is 23.3. The number of hydrogen-bond acceptors (Lipinski definition) is 6. The van der Waals surface area contributed by atoms with Crippen molar-refractivity contribution in [2.45, 2.75) is 73.5 Å². The van der Waals surface area contributed by atoms with Crippen molar-refractivity contribution in [3.05, 3.63) is 30.8 Å². The molecule has 1 N–H and O–H groups in total. The van der Waals surface area contributed by atoms with E-state index in [0.29, 0.717) is 0 Å². The molecular formula is C20H36N4O5. The van der Waals surface area contributed by atoms with Gasteiger partial charge in [0.25, 0.3) is 0 Å². The molecule has 0 saturated heterocycles. The summed E-state index contributed by atoms with van der Waals surface area (Å²) in [5, 5.41) is 6.30. The summed E-state index contributed by atoms with van der Waals surface area (Å²) in [5.74, 6) is 0.651. The highest BCUT2D eigenvalue weighted by Gasteiger charge is 2.21. The maximum absolute atomic E-state index is 11.8. The number of carbonyl (C=O) groups is 2. The van der Waals surface area contributed by atoms with Gasteiger partial charge in [-0.25, -0.2) is 14.3 Å². The molecule has 1 aromatic rings. The van der Waals surface area contributed by atoms with Crippen molar-refractivity contribution < 1.29 is 23.8 Å². The Hall–Kier alpha value is -2.84. The van der Waals surface area contributed by atoms with Crippen LogP contribution in [0.1, 0.15) is 62.3 Å². The summed E-state index contributed by atoms with van der Waals surface area (Å²) in [7, 11) is 1.60. The molecular weight excluding hydrogens is 376 g/mol. The maximum atomic E-state index is 11.8. The summed E-state index contributed by atoms with van der Waals surface area (Å²) in [6.45, 7) is 19.6. The number of nitrogens with one attached hydrogen (secondary N) is 1. The third-order valence-corrected chi connectivity index (χ3v) is 2.27. The van der Waals surface area contributed by atoms with Gasteiger partial charge in [0.15, 0.2) is 0 Å². The van der Waals surface area contributed by atoms with E-state index in [1.54, 1.807) is 61.6 Å². The first-order valence-corrected chi connectivity index (χ1v) is 9.24. The van der Waals surface area contributed by atoms with Crippen molar-refractivity contribution in [3.63, 3.8) is 0 Å². The van der Waals surface area contributed by atoms with Crippen LogP contribution in [-0.2, 0) is 14.2 Å². The number of allylic oxidation sites excluding steroid dienone is 1. The molecule has 1 aromatic heterocycles. The highest BCUT2D eigenvalue weighted by Crippen LogP contribution is 2.09. The fraction of sp³-hybridized carbons (Fsp3) is 0.600. The molecule has 0 atom stereocenters. The molecule has 0 unspecified atom stereocenters. The molecule has 0 aliphatic rings. The SMILES string of the molecule is C=C(C)OC.CC.CC(C)(C)OC(=O)/N=C(/NC(=O)OC(C)(C)C)n1cccn1. The molecule has 0 aromatic carbocycles. The number of methoxy groups -OCH3 is 1. The van der Waals surface area contributed by atoms with E-state index in [1.165, 1.54) is 17.1 Å². The number of aromatic nitrogens is 2. The minimum absolute atomic E-state index is 0.103. The van der Waals surface area contributed by atoms with E-state index in [1.807, 2.05) is 13.8 Å². The lowest BCUT2D eigenvalue weighted by atomic mass is 10.2. The standard InChI is InChI=1S/C14H22N4O4.C4H8O.C2H6/c1-13(2,3)21-11(19)16-10(18-9-7-8-15-18)17-12(20)22-14(4,5)6;1-4(2)5-3;1-2/h7-9H,1-6H3,(H,16,17,19,20);1H2,2-3H3;1-2H3. The molecule has 0 bridgehead atoms. The van der Waals surface area contributed by atoms with E-state index in [0.717, 1.165) is 5.76 Å². The fourth-order valence-electron chi connectivity index (χ4n) is 1.30. The van der Waals surface area contributed by atoms with Crippen molar-refractivity contribution in [3.8, 4) is 0 Å². The number of rotatable bonds is 1. The fourth-order valence-corrected chi connectivity index (χ4v) is 1.30. The predicted octanol–water partition coefficient (Wildman–Crippen LogP) is 4.74. The van der Waals surface area contributed by atoms with Gasteiger partial charge in [0.2, 0.25) is 5.96 Å². The van der Waals surface area contributed by atoms with Crippen LogP contribution in [0.5, 0.6) is 0 Å². The Kier molecular flexibility index (Phi) is 13.1. The largest absolute Gasteiger partial charge is 0.502 e. The first kappa shape index (κ1) is 28.4. The predicted molar refractivity (Wildman–Crippen MR) is 114 cm³/mol.